The molecule has 0 aromatic rings. The van der Waals surface area contributed by atoms with E-state index in [1.54, 1.807) is 0 Å². The number of carbonyl (C=O) groups excluding carboxylic acids is 1. The van der Waals surface area contributed by atoms with E-state index in [2.05, 4.69) is 6.92 Å². The van der Waals surface area contributed by atoms with Gasteiger partial charge in [0.15, 0.2) is 0 Å². The summed E-state index contributed by atoms with van der Waals surface area (Å²) in [5, 5.41) is 0. The molecule has 0 aromatic carbocycles. The van der Waals surface area contributed by atoms with Crippen LogP contribution in [0.25, 0.3) is 0 Å². The van der Waals surface area contributed by atoms with Crippen molar-refractivity contribution in [3.8, 4) is 0 Å². The van der Waals surface area contributed by atoms with Crippen LogP contribution in [0.5, 0.6) is 0 Å². The molecule has 186 valence electrons. The number of unbranched alkanes of at least 4 members (excludes halogenated alkanes) is 12. The van der Waals surface area contributed by atoms with Crippen LogP contribution in [0.4, 0.5) is 0 Å². The van der Waals surface area contributed by atoms with E-state index in [1.807, 2.05) is 20.8 Å². The maximum Gasteiger partial charge on any atom is 0.501 e. The number of hydrogen-bond acceptors (Lipinski definition) is 5. The van der Waals surface area contributed by atoms with Crippen molar-refractivity contribution in [2.75, 3.05) is 26.4 Å². The third-order valence-electron chi connectivity index (χ3n) is 5.47. The lowest BCUT2D eigenvalue weighted by Gasteiger charge is -2.28. The fourth-order valence-corrected chi connectivity index (χ4v) is 6.42. The Hall–Kier alpha value is -0.433. The molecule has 0 bridgehead atoms. The normalized spacial score (nSPS) is 11.7. The number of esters is 1. The number of carbonyl (C=O) groups is 1. The van der Waals surface area contributed by atoms with Crippen molar-refractivity contribution in [3.05, 3.63) is 0 Å². The molecule has 31 heavy (non-hydrogen) atoms. The van der Waals surface area contributed by atoms with E-state index in [-0.39, 0.29) is 5.97 Å². The molecule has 0 saturated carbocycles. The van der Waals surface area contributed by atoms with E-state index in [1.165, 1.54) is 70.6 Å². The largest absolute Gasteiger partial charge is 0.501 e. The Kier molecular flexibility index (Phi) is 22.4. The lowest BCUT2D eigenvalue weighted by molar-refractivity contribution is -0.143. The molecule has 0 saturated heterocycles. The van der Waals surface area contributed by atoms with Crippen molar-refractivity contribution in [2.24, 2.45) is 0 Å². The van der Waals surface area contributed by atoms with E-state index in [4.69, 9.17) is 18.0 Å². The van der Waals surface area contributed by atoms with Crippen molar-refractivity contribution >= 4 is 14.8 Å². The van der Waals surface area contributed by atoms with Gasteiger partial charge in [0.05, 0.1) is 6.61 Å². The molecule has 5 nitrogen and oxygen atoms in total. The monoisotopic (exact) mass is 460 g/mol. The van der Waals surface area contributed by atoms with Gasteiger partial charge < -0.3 is 18.0 Å². The molecule has 6 heteroatoms. The third kappa shape index (κ3) is 18.8. The maximum atomic E-state index is 11.9. The molecule has 0 amide bonds. The Morgan fingerprint density at radius 2 is 1.00 bits per heavy atom. The second-order valence-corrected chi connectivity index (χ2v) is 11.0. The fourth-order valence-electron chi connectivity index (χ4n) is 3.84. The summed E-state index contributed by atoms with van der Waals surface area (Å²) in [6.45, 7) is 10.3. The van der Waals surface area contributed by atoms with E-state index in [9.17, 15) is 4.79 Å². The average Bonchev–Trinajstić information content (AvgIpc) is 2.75. The van der Waals surface area contributed by atoms with Crippen LogP contribution in [0.2, 0.25) is 6.04 Å². The predicted molar refractivity (Wildman–Crippen MR) is 131 cm³/mol. The van der Waals surface area contributed by atoms with Crippen molar-refractivity contribution in [3.63, 3.8) is 0 Å². The summed E-state index contributed by atoms with van der Waals surface area (Å²) in [5.74, 6) is -0.0837. The first-order valence-electron chi connectivity index (χ1n) is 13.2. The fraction of sp³-hybridized carbons (Fsp3) is 0.960. The van der Waals surface area contributed by atoms with Gasteiger partial charge in [-0.25, -0.2) is 0 Å². The molecule has 0 aromatic heterocycles. The van der Waals surface area contributed by atoms with Gasteiger partial charge in [-0.3, -0.25) is 4.79 Å². The highest BCUT2D eigenvalue weighted by Crippen LogP contribution is 2.18. The Morgan fingerprint density at radius 1 is 0.581 bits per heavy atom. The molecule has 0 aliphatic carbocycles. The van der Waals surface area contributed by atoms with E-state index in [0.717, 1.165) is 19.3 Å². The van der Waals surface area contributed by atoms with Gasteiger partial charge in [0, 0.05) is 32.3 Å². The van der Waals surface area contributed by atoms with Crippen LogP contribution in [-0.2, 0) is 22.8 Å². The second kappa shape index (κ2) is 22.7. The zero-order valence-corrected chi connectivity index (χ0v) is 22.2. The Bertz CT molecular complexity index is 375. The van der Waals surface area contributed by atoms with E-state index < -0.39 is 8.80 Å². The Labute approximate surface area is 194 Å². The first-order chi connectivity index (χ1) is 15.1. The molecule has 0 N–H and O–H groups in total. The zero-order valence-electron chi connectivity index (χ0n) is 21.2. The Balaban J connectivity index is 3.59. The molecule has 0 aliphatic rings. The van der Waals surface area contributed by atoms with Crippen LogP contribution < -0.4 is 0 Å². The van der Waals surface area contributed by atoms with Crippen LogP contribution in [0.3, 0.4) is 0 Å². The molecular weight excluding hydrogens is 408 g/mol. The minimum atomic E-state index is -2.62. The summed E-state index contributed by atoms with van der Waals surface area (Å²) in [6.07, 6.45) is 18.3. The Morgan fingerprint density at radius 3 is 1.42 bits per heavy atom. The number of hydrogen-bond donors (Lipinski definition) is 0. The summed E-state index contributed by atoms with van der Waals surface area (Å²) >= 11 is 0. The quantitative estimate of drug-likeness (QED) is 0.0850. The molecule has 0 unspecified atom stereocenters. The highest BCUT2D eigenvalue weighted by Gasteiger charge is 2.39. The standard InChI is InChI=1S/C25H52O5Si/c1-5-9-10-11-12-13-14-15-16-17-18-19-20-22-25(26)27-23-21-24-31(28-6-2,29-7-3)30-8-4/h5-24H2,1-4H3. The van der Waals surface area contributed by atoms with Gasteiger partial charge in [-0.15, -0.1) is 0 Å². The predicted octanol–water partition coefficient (Wildman–Crippen LogP) is 7.45. The highest BCUT2D eigenvalue weighted by molar-refractivity contribution is 6.60. The summed E-state index contributed by atoms with van der Waals surface area (Å²) in [7, 11) is -2.62. The summed E-state index contributed by atoms with van der Waals surface area (Å²) < 4.78 is 22.9. The van der Waals surface area contributed by atoms with Gasteiger partial charge in [-0.05, 0) is 33.6 Å². The average molecular weight is 461 g/mol. The topological polar surface area (TPSA) is 54.0 Å². The molecule has 0 fully saturated rings. The number of ether oxygens (including phenoxy) is 1. The first-order valence-corrected chi connectivity index (χ1v) is 15.1. The van der Waals surface area contributed by atoms with Crippen molar-refractivity contribution < 1.29 is 22.8 Å². The van der Waals surface area contributed by atoms with Gasteiger partial charge in [0.2, 0.25) is 0 Å². The van der Waals surface area contributed by atoms with Crippen molar-refractivity contribution in [1.29, 1.82) is 0 Å². The van der Waals surface area contributed by atoms with E-state index >= 15 is 0 Å². The van der Waals surface area contributed by atoms with Crippen LogP contribution in [0.1, 0.15) is 124 Å². The second-order valence-electron chi connectivity index (χ2n) is 8.30. The van der Waals surface area contributed by atoms with Crippen LogP contribution in [0, 0.1) is 0 Å². The maximum absolute atomic E-state index is 11.9. The molecule has 0 atom stereocenters. The summed E-state index contributed by atoms with van der Waals surface area (Å²) in [6, 6.07) is 0.689. The van der Waals surface area contributed by atoms with Crippen molar-refractivity contribution in [1.82, 2.24) is 0 Å². The zero-order chi connectivity index (χ0) is 23.0. The van der Waals surface area contributed by atoms with Crippen LogP contribution in [-0.4, -0.2) is 41.2 Å². The SMILES string of the molecule is CCCCCCCCCCCCCCCC(=O)OCCC[Si](OCC)(OCC)OCC. The molecule has 0 heterocycles. The lowest BCUT2D eigenvalue weighted by atomic mass is 10.0. The van der Waals surface area contributed by atoms with Crippen LogP contribution >= 0.6 is 0 Å². The van der Waals surface area contributed by atoms with Crippen molar-refractivity contribution in [2.45, 2.75) is 130 Å². The van der Waals surface area contributed by atoms with Gasteiger partial charge in [0.25, 0.3) is 0 Å². The minimum absolute atomic E-state index is 0.0837. The highest BCUT2D eigenvalue weighted by atomic mass is 28.4. The van der Waals surface area contributed by atoms with Gasteiger partial charge in [0.1, 0.15) is 0 Å². The van der Waals surface area contributed by atoms with Gasteiger partial charge in [-0.2, -0.15) is 0 Å². The lowest BCUT2D eigenvalue weighted by Crippen LogP contribution is -2.46. The van der Waals surface area contributed by atoms with Gasteiger partial charge in [-0.1, -0.05) is 84.0 Å². The summed E-state index contributed by atoms with van der Waals surface area (Å²) in [5.41, 5.74) is 0. The minimum Gasteiger partial charge on any atom is -0.466 e. The molecule has 0 radical (unpaired) electrons. The van der Waals surface area contributed by atoms with Crippen LogP contribution in [0.15, 0.2) is 0 Å². The molecule has 0 rings (SSSR count). The number of rotatable bonds is 24. The van der Waals surface area contributed by atoms with Gasteiger partial charge >= 0.3 is 14.8 Å². The molecule has 0 aliphatic heterocycles. The van der Waals surface area contributed by atoms with E-state index in [0.29, 0.717) is 38.9 Å². The molecular formula is C25H52O5Si. The third-order valence-corrected chi connectivity index (χ3v) is 8.62. The smallest absolute Gasteiger partial charge is 0.466 e. The summed E-state index contributed by atoms with van der Waals surface area (Å²) in [4.78, 5) is 11.9. The first kappa shape index (κ1) is 30.6. The molecule has 0 spiro atoms.